The minimum absolute atomic E-state index is 0.273. The van der Waals surface area contributed by atoms with Crippen molar-refractivity contribution in [1.29, 1.82) is 0 Å². The summed E-state index contributed by atoms with van der Waals surface area (Å²) in [4.78, 5) is 24.8. The number of rotatable bonds is 2. The Kier molecular flexibility index (Phi) is 4.11. The van der Waals surface area contributed by atoms with Gasteiger partial charge in [0.1, 0.15) is 0 Å². The van der Waals surface area contributed by atoms with Crippen LogP contribution < -0.4 is 16.2 Å². The van der Waals surface area contributed by atoms with Crippen molar-refractivity contribution >= 4 is 17.6 Å². The summed E-state index contributed by atoms with van der Waals surface area (Å²) < 4.78 is 0. The molecular formula is C21H17N3O2. The summed E-state index contributed by atoms with van der Waals surface area (Å²) in [5.41, 5.74) is 9.58. The fourth-order valence-electron chi connectivity index (χ4n) is 3.31. The molecule has 3 aromatic rings. The van der Waals surface area contributed by atoms with Gasteiger partial charge in [0.15, 0.2) is 0 Å². The fourth-order valence-corrected chi connectivity index (χ4v) is 3.31. The van der Waals surface area contributed by atoms with Gasteiger partial charge in [-0.25, -0.2) is 10.2 Å². The molecule has 3 N–H and O–H groups in total. The Balaban J connectivity index is 1.49. The number of urea groups is 1. The van der Waals surface area contributed by atoms with Crippen LogP contribution in [-0.4, -0.2) is 11.9 Å². The summed E-state index contributed by atoms with van der Waals surface area (Å²) in [6.07, 6.45) is 0. The van der Waals surface area contributed by atoms with Crippen LogP contribution in [0.25, 0.3) is 11.1 Å². The summed E-state index contributed by atoms with van der Waals surface area (Å²) in [5, 5.41) is 2.66. The van der Waals surface area contributed by atoms with E-state index in [2.05, 4.69) is 16.2 Å². The predicted octanol–water partition coefficient (Wildman–Crippen LogP) is 3.65. The molecule has 5 nitrogen and oxygen atoms in total. The van der Waals surface area contributed by atoms with E-state index in [0.717, 1.165) is 22.3 Å². The number of anilines is 1. The molecule has 0 heterocycles. The van der Waals surface area contributed by atoms with Crippen LogP contribution in [0.2, 0.25) is 0 Å². The number of benzene rings is 3. The number of hydrogen-bond donors (Lipinski definition) is 3. The van der Waals surface area contributed by atoms with Crippen molar-refractivity contribution in [2.75, 3.05) is 5.32 Å². The highest BCUT2D eigenvalue weighted by atomic mass is 16.2. The lowest BCUT2D eigenvalue weighted by Crippen LogP contribution is -2.45. The van der Waals surface area contributed by atoms with Crippen molar-refractivity contribution in [3.63, 3.8) is 0 Å². The second kappa shape index (κ2) is 6.72. The van der Waals surface area contributed by atoms with Crippen LogP contribution in [-0.2, 0) is 4.79 Å². The first-order valence-corrected chi connectivity index (χ1v) is 8.34. The van der Waals surface area contributed by atoms with Crippen LogP contribution >= 0.6 is 0 Å². The monoisotopic (exact) mass is 343 g/mol. The molecule has 5 heteroatoms. The number of nitrogens with one attached hydrogen (secondary N) is 3. The number of fused-ring (bicyclic) bond motifs is 3. The minimum Gasteiger partial charge on any atom is -0.307 e. The first-order chi connectivity index (χ1) is 12.7. The topological polar surface area (TPSA) is 70.2 Å². The molecule has 0 aliphatic heterocycles. The van der Waals surface area contributed by atoms with Crippen LogP contribution in [0.15, 0.2) is 78.9 Å². The van der Waals surface area contributed by atoms with Gasteiger partial charge in [-0.15, -0.1) is 0 Å². The molecule has 0 fully saturated rings. The normalized spacial score (nSPS) is 12.0. The molecule has 26 heavy (non-hydrogen) atoms. The predicted molar refractivity (Wildman–Crippen MR) is 100 cm³/mol. The third-order valence-corrected chi connectivity index (χ3v) is 4.43. The fraction of sp³-hybridized carbons (Fsp3) is 0.0476. The zero-order chi connectivity index (χ0) is 17.9. The Labute approximate surface area is 151 Å². The van der Waals surface area contributed by atoms with Gasteiger partial charge < -0.3 is 5.32 Å². The molecule has 0 aromatic heterocycles. The van der Waals surface area contributed by atoms with E-state index in [9.17, 15) is 9.59 Å². The van der Waals surface area contributed by atoms with E-state index in [0.29, 0.717) is 5.69 Å². The van der Waals surface area contributed by atoms with E-state index in [-0.39, 0.29) is 5.91 Å². The number of carbonyl (C=O) groups excluding carboxylic acids is 2. The molecule has 0 bridgehead atoms. The van der Waals surface area contributed by atoms with Gasteiger partial charge >= 0.3 is 6.03 Å². The molecule has 1 aliphatic rings. The van der Waals surface area contributed by atoms with Crippen molar-refractivity contribution in [2.45, 2.75) is 5.92 Å². The van der Waals surface area contributed by atoms with E-state index in [4.69, 9.17) is 0 Å². The van der Waals surface area contributed by atoms with Gasteiger partial charge in [0, 0.05) is 5.69 Å². The van der Waals surface area contributed by atoms with Crippen molar-refractivity contribution in [3.8, 4) is 11.1 Å². The Morgan fingerprint density at radius 3 is 1.81 bits per heavy atom. The van der Waals surface area contributed by atoms with E-state index < -0.39 is 11.9 Å². The molecule has 128 valence electrons. The van der Waals surface area contributed by atoms with E-state index in [1.54, 1.807) is 12.1 Å². The average Bonchev–Trinajstić information content (AvgIpc) is 3.02. The Hall–Kier alpha value is -3.60. The zero-order valence-corrected chi connectivity index (χ0v) is 13.9. The maximum absolute atomic E-state index is 12.8. The Bertz CT molecular complexity index is 924. The lowest BCUT2D eigenvalue weighted by atomic mass is 9.96. The number of amides is 3. The first-order valence-electron chi connectivity index (χ1n) is 8.34. The van der Waals surface area contributed by atoms with Gasteiger partial charge in [-0.2, -0.15) is 0 Å². The standard InChI is InChI=1S/C21H17N3O2/c25-20(23-24-21(26)22-14-8-2-1-3-9-14)19-17-12-6-4-10-15(17)16-11-5-7-13-18(16)19/h1-13,19H,(H,23,25)(H2,22,24,26). The van der Waals surface area contributed by atoms with E-state index in [1.165, 1.54) is 0 Å². The highest BCUT2D eigenvalue weighted by Crippen LogP contribution is 2.44. The summed E-state index contributed by atoms with van der Waals surface area (Å²) in [6.45, 7) is 0. The number of hydrogen-bond acceptors (Lipinski definition) is 2. The van der Waals surface area contributed by atoms with Gasteiger partial charge in [-0.1, -0.05) is 66.7 Å². The molecule has 0 atom stereocenters. The molecule has 3 aromatic carbocycles. The lowest BCUT2D eigenvalue weighted by molar-refractivity contribution is -0.122. The van der Waals surface area contributed by atoms with Crippen LogP contribution in [0.4, 0.5) is 10.5 Å². The van der Waals surface area contributed by atoms with Crippen molar-refractivity contribution in [1.82, 2.24) is 10.9 Å². The van der Waals surface area contributed by atoms with Crippen LogP contribution in [0.5, 0.6) is 0 Å². The Morgan fingerprint density at radius 2 is 1.19 bits per heavy atom. The molecule has 0 unspecified atom stereocenters. The number of carbonyl (C=O) groups is 2. The van der Waals surface area contributed by atoms with Crippen LogP contribution in [0.1, 0.15) is 17.0 Å². The Morgan fingerprint density at radius 1 is 0.654 bits per heavy atom. The minimum atomic E-state index is -0.496. The zero-order valence-electron chi connectivity index (χ0n) is 13.9. The van der Waals surface area contributed by atoms with Gasteiger partial charge in [0.2, 0.25) is 5.91 Å². The highest BCUT2D eigenvalue weighted by Gasteiger charge is 2.33. The molecule has 0 spiro atoms. The first kappa shape index (κ1) is 15.9. The molecule has 1 aliphatic carbocycles. The van der Waals surface area contributed by atoms with Gasteiger partial charge in [-0.05, 0) is 34.4 Å². The summed E-state index contributed by atoms with van der Waals surface area (Å²) in [7, 11) is 0. The quantitative estimate of drug-likeness (QED) is 0.622. The van der Waals surface area contributed by atoms with Gasteiger partial charge in [0.05, 0.1) is 5.92 Å². The second-order valence-electron chi connectivity index (χ2n) is 6.04. The average molecular weight is 343 g/mol. The van der Waals surface area contributed by atoms with Gasteiger partial charge in [-0.3, -0.25) is 10.2 Å². The summed E-state index contributed by atoms with van der Waals surface area (Å²) in [5.74, 6) is -0.718. The smallest absolute Gasteiger partial charge is 0.307 e. The summed E-state index contributed by atoms with van der Waals surface area (Å²) >= 11 is 0. The molecule has 0 saturated heterocycles. The van der Waals surface area contributed by atoms with Crippen molar-refractivity contribution in [2.24, 2.45) is 0 Å². The number of para-hydroxylation sites is 1. The number of hydrazine groups is 1. The lowest BCUT2D eigenvalue weighted by Gasteiger charge is -2.15. The largest absolute Gasteiger partial charge is 0.337 e. The molecule has 3 amide bonds. The van der Waals surface area contributed by atoms with E-state index >= 15 is 0 Å². The highest BCUT2D eigenvalue weighted by molar-refractivity contribution is 5.98. The molecule has 0 saturated carbocycles. The maximum atomic E-state index is 12.8. The third-order valence-electron chi connectivity index (χ3n) is 4.43. The second-order valence-corrected chi connectivity index (χ2v) is 6.04. The van der Waals surface area contributed by atoms with Crippen molar-refractivity contribution < 1.29 is 9.59 Å². The maximum Gasteiger partial charge on any atom is 0.337 e. The third kappa shape index (κ3) is 2.91. The molecule has 4 rings (SSSR count). The van der Waals surface area contributed by atoms with E-state index in [1.807, 2.05) is 66.7 Å². The molecular weight excluding hydrogens is 326 g/mol. The SMILES string of the molecule is O=C(NNC(=O)C1c2ccccc2-c2ccccc21)Nc1ccccc1. The molecule has 0 radical (unpaired) electrons. The van der Waals surface area contributed by atoms with Gasteiger partial charge in [0.25, 0.3) is 0 Å². The van der Waals surface area contributed by atoms with Crippen LogP contribution in [0.3, 0.4) is 0 Å². The van der Waals surface area contributed by atoms with Crippen LogP contribution in [0, 0.1) is 0 Å². The van der Waals surface area contributed by atoms with Crippen molar-refractivity contribution in [3.05, 3.63) is 90.0 Å². The summed E-state index contributed by atoms with van der Waals surface area (Å²) in [6, 6.07) is 24.2.